The molecule has 10 heteroatoms. The van der Waals surface area contributed by atoms with Crippen molar-refractivity contribution >= 4 is 28.9 Å². The van der Waals surface area contributed by atoms with Crippen LogP contribution in [0.2, 0.25) is 0 Å². The molecule has 5 rings (SSSR count). The number of carbonyl (C=O) groups excluding carboxylic acids is 2. The largest absolute Gasteiger partial charge is 0.397 e. The summed E-state index contributed by atoms with van der Waals surface area (Å²) in [5.41, 5.74) is 11.6. The molecule has 0 unspecified atom stereocenters. The second-order valence-corrected chi connectivity index (χ2v) is 12.9. The van der Waals surface area contributed by atoms with Gasteiger partial charge in [-0.05, 0) is 67.4 Å². The molecule has 2 amide bonds. The Morgan fingerprint density at radius 1 is 0.840 bits per heavy atom. The summed E-state index contributed by atoms with van der Waals surface area (Å²) >= 11 is 0. The van der Waals surface area contributed by atoms with E-state index < -0.39 is 6.29 Å². The van der Waals surface area contributed by atoms with Crippen LogP contribution in [0.1, 0.15) is 79.7 Å². The van der Waals surface area contributed by atoms with Crippen molar-refractivity contribution in [3.63, 3.8) is 0 Å². The smallest absolute Gasteiger partial charge is 0.224 e. The van der Waals surface area contributed by atoms with Crippen LogP contribution < -0.4 is 16.4 Å². The molecule has 0 radical (unpaired) electrons. The predicted octanol–water partition coefficient (Wildman–Crippen LogP) is 6.79. The number of aromatic nitrogens is 1. The maximum atomic E-state index is 12.6. The van der Waals surface area contributed by atoms with E-state index in [1.165, 1.54) is 0 Å². The van der Waals surface area contributed by atoms with Crippen molar-refractivity contribution in [2.45, 2.75) is 76.5 Å². The first-order valence-electron chi connectivity index (χ1n) is 17.5. The molecule has 1 saturated heterocycles. The average molecular weight is 680 g/mol. The van der Waals surface area contributed by atoms with Gasteiger partial charge in [-0.2, -0.15) is 0 Å². The van der Waals surface area contributed by atoms with E-state index >= 15 is 0 Å². The number of carbonyl (C=O) groups is 2. The van der Waals surface area contributed by atoms with Gasteiger partial charge in [-0.15, -0.1) is 0 Å². The lowest BCUT2D eigenvalue weighted by Crippen LogP contribution is -2.38. The molecule has 1 aromatic heterocycles. The summed E-state index contributed by atoms with van der Waals surface area (Å²) in [7, 11) is 2.10. The van der Waals surface area contributed by atoms with Crippen LogP contribution >= 0.6 is 0 Å². The first-order chi connectivity index (χ1) is 24.4. The molecule has 5 N–H and O–H groups in total. The highest BCUT2D eigenvalue weighted by atomic mass is 16.7. The number of hydrogen-bond acceptors (Lipinski definition) is 8. The van der Waals surface area contributed by atoms with Crippen molar-refractivity contribution in [2.75, 3.05) is 36.5 Å². The lowest BCUT2D eigenvalue weighted by Gasteiger charge is -2.38. The number of para-hydroxylation sites is 2. The Kier molecular flexibility index (Phi) is 13.9. The van der Waals surface area contributed by atoms with E-state index in [9.17, 15) is 14.7 Å². The second kappa shape index (κ2) is 19.0. The Balaban J connectivity index is 1.08. The van der Waals surface area contributed by atoms with Crippen LogP contribution in [0.5, 0.6) is 0 Å². The van der Waals surface area contributed by atoms with Gasteiger partial charge in [0.1, 0.15) is 0 Å². The number of anilines is 3. The van der Waals surface area contributed by atoms with Gasteiger partial charge in [-0.3, -0.25) is 14.6 Å². The number of nitrogens with two attached hydrogens (primary N) is 1. The highest BCUT2D eigenvalue weighted by molar-refractivity contribution is 5.93. The van der Waals surface area contributed by atoms with E-state index in [4.69, 9.17) is 15.2 Å². The summed E-state index contributed by atoms with van der Waals surface area (Å²) in [4.78, 5) is 31.6. The average Bonchev–Trinajstić information content (AvgIpc) is 3.14. The molecule has 50 heavy (non-hydrogen) atoms. The summed E-state index contributed by atoms with van der Waals surface area (Å²) in [6.07, 6.45) is 6.64. The number of nitrogens with one attached hydrogen (secondary N) is 2. The molecule has 0 aliphatic carbocycles. The fraction of sp³-hybridized carbons (Fsp3) is 0.375. The molecule has 3 atom stereocenters. The molecule has 0 bridgehead atoms. The molecule has 3 aromatic carbocycles. The number of likely N-dealkylation sites (N-methyl/N-ethyl adjacent to an activating group) is 1. The molecule has 1 fully saturated rings. The Bertz CT molecular complexity index is 1630. The summed E-state index contributed by atoms with van der Waals surface area (Å²) in [6, 6.07) is 28.7. The van der Waals surface area contributed by atoms with Crippen LogP contribution in [0, 0.1) is 0 Å². The fourth-order valence-corrected chi connectivity index (χ4v) is 6.02. The van der Waals surface area contributed by atoms with Gasteiger partial charge < -0.3 is 35.8 Å². The first-order valence-corrected chi connectivity index (χ1v) is 17.5. The number of hydrogen-bond donors (Lipinski definition) is 4. The lowest BCUT2D eigenvalue weighted by molar-refractivity contribution is -0.252. The minimum atomic E-state index is -0.572. The zero-order valence-corrected chi connectivity index (χ0v) is 28.8. The highest BCUT2D eigenvalue weighted by Gasteiger charge is 2.32. The first kappa shape index (κ1) is 36.7. The van der Waals surface area contributed by atoms with Gasteiger partial charge in [-0.1, -0.05) is 67.4 Å². The molecule has 264 valence electrons. The maximum absolute atomic E-state index is 12.6. The van der Waals surface area contributed by atoms with Gasteiger partial charge in [0.2, 0.25) is 11.8 Å². The van der Waals surface area contributed by atoms with Gasteiger partial charge in [0, 0.05) is 61.9 Å². The van der Waals surface area contributed by atoms with Crippen molar-refractivity contribution in [1.82, 2.24) is 9.88 Å². The van der Waals surface area contributed by atoms with Crippen molar-refractivity contribution in [3.8, 4) is 0 Å². The number of aliphatic hydroxyl groups excluding tert-OH is 1. The highest BCUT2D eigenvalue weighted by Crippen LogP contribution is 2.38. The van der Waals surface area contributed by atoms with Gasteiger partial charge in [-0.25, -0.2) is 0 Å². The predicted molar refractivity (Wildman–Crippen MR) is 196 cm³/mol. The zero-order valence-electron chi connectivity index (χ0n) is 28.8. The Morgan fingerprint density at radius 2 is 1.52 bits per heavy atom. The number of pyridine rings is 1. The van der Waals surface area contributed by atoms with E-state index in [1.54, 1.807) is 12.1 Å². The van der Waals surface area contributed by atoms with Gasteiger partial charge in [0.05, 0.1) is 30.2 Å². The Labute approximate surface area is 295 Å². The Hall–Kier alpha value is -4.61. The second-order valence-electron chi connectivity index (χ2n) is 12.9. The summed E-state index contributed by atoms with van der Waals surface area (Å²) < 4.78 is 13.0. The lowest BCUT2D eigenvalue weighted by atomic mass is 9.99. The molecule has 0 saturated carbocycles. The molecule has 1 aliphatic rings. The van der Waals surface area contributed by atoms with E-state index in [2.05, 4.69) is 27.6 Å². The number of benzene rings is 3. The fourth-order valence-electron chi connectivity index (χ4n) is 6.02. The van der Waals surface area contributed by atoms with E-state index in [1.807, 2.05) is 85.1 Å². The number of nitrogen functional groups attached to an aromatic ring is 1. The van der Waals surface area contributed by atoms with Gasteiger partial charge in [0.25, 0.3) is 0 Å². The van der Waals surface area contributed by atoms with E-state index in [0.29, 0.717) is 36.3 Å². The topological polar surface area (TPSA) is 139 Å². The quantitative estimate of drug-likeness (QED) is 0.0707. The number of ether oxygens (including phenoxy) is 2. The summed E-state index contributed by atoms with van der Waals surface area (Å²) in [5, 5.41) is 15.4. The molecule has 0 spiro atoms. The summed E-state index contributed by atoms with van der Waals surface area (Å²) in [5.74, 6) is -0.0970. The normalized spacial score (nSPS) is 17.4. The zero-order chi connectivity index (χ0) is 35.1. The monoisotopic (exact) mass is 679 g/mol. The van der Waals surface area contributed by atoms with Crippen LogP contribution in [0.3, 0.4) is 0 Å². The Morgan fingerprint density at radius 3 is 2.20 bits per heavy atom. The number of aliphatic hydroxyl groups is 1. The number of amides is 2. The molecular formula is C40H49N5O5. The minimum Gasteiger partial charge on any atom is -0.397 e. The number of unbranched alkanes of at least 4 members (excludes halogenated alkanes) is 3. The van der Waals surface area contributed by atoms with Crippen LogP contribution in [0.25, 0.3) is 0 Å². The van der Waals surface area contributed by atoms with Gasteiger partial charge in [0.15, 0.2) is 6.29 Å². The summed E-state index contributed by atoms with van der Waals surface area (Å²) in [6.45, 7) is 1.59. The standard InChI is InChI=1S/C40H49N5O5/c1-45(25-23-32-10-8-9-24-42-32)27-34-26-37(30-17-15-29(28-46)16-18-30)50-40(49-34)31-19-21-33(22-20-31)43-38(47)13-4-2-3-5-14-39(48)44-36-12-7-6-11-35(36)41/h6-12,15-22,24,34,37,40,46H,2-5,13-14,23,25-28,41H2,1H3,(H,43,47)(H,44,48)/t34-,37+,40+/m1/s1. The van der Waals surface area contributed by atoms with E-state index in [-0.39, 0.29) is 30.6 Å². The third-order valence-corrected chi connectivity index (χ3v) is 8.87. The van der Waals surface area contributed by atoms with E-state index in [0.717, 1.165) is 67.6 Å². The van der Waals surface area contributed by atoms with Crippen molar-refractivity contribution in [1.29, 1.82) is 0 Å². The molecule has 10 nitrogen and oxygen atoms in total. The third-order valence-electron chi connectivity index (χ3n) is 8.87. The number of nitrogens with zero attached hydrogens (tertiary/aromatic N) is 2. The van der Waals surface area contributed by atoms with Crippen molar-refractivity contribution < 1.29 is 24.2 Å². The van der Waals surface area contributed by atoms with Crippen molar-refractivity contribution in [2.24, 2.45) is 0 Å². The van der Waals surface area contributed by atoms with Gasteiger partial charge >= 0.3 is 0 Å². The maximum Gasteiger partial charge on any atom is 0.224 e. The SMILES string of the molecule is CN(CCc1ccccn1)C[C@H]1C[C@@H](c2ccc(CO)cc2)O[C@@H](c2ccc(NC(=O)CCCCCCC(=O)Nc3ccccc3N)cc2)O1. The minimum absolute atomic E-state index is 0.00365. The van der Waals surface area contributed by atoms with Crippen LogP contribution in [0.4, 0.5) is 17.1 Å². The molecule has 2 heterocycles. The van der Waals surface area contributed by atoms with Crippen LogP contribution in [0.15, 0.2) is 97.2 Å². The number of rotatable bonds is 17. The molecule has 4 aromatic rings. The third kappa shape index (κ3) is 11.5. The van der Waals surface area contributed by atoms with Crippen LogP contribution in [-0.4, -0.2) is 53.0 Å². The molecule has 1 aliphatic heterocycles. The van der Waals surface area contributed by atoms with Crippen molar-refractivity contribution in [3.05, 3.63) is 120 Å². The molecular weight excluding hydrogens is 630 g/mol. The van der Waals surface area contributed by atoms with Crippen LogP contribution in [-0.2, 0) is 32.1 Å².